The lowest BCUT2D eigenvalue weighted by atomic mass is 9.96. The SMILES string of the molecule is CC1=CC(N(C)C)NC(C(C)CCCCO)=C1. The van der Waals surface area contributed by atoms with Crippen LogP contribution in [0.2, 0.25) is 0 Å². The van der Waals surface area contributed by atoms with Crippen molar-refractivity contribution in [1.29, 1.82) is 0 Å². The van der Waals surface area contributed by atoms with Crippen molar-refractivity contribution in [1.82, 2.24) is 10.2 Å². The van der Waals surface area contributed by atoms with E-state index in [1.807, 2.05) is 0 Å². The highest BCUT2D eigenvalue weighted by atomic mass is 16.2. The van der Waals surface area contributed by atoms with Gasteiger partial charge in [-0.25, -0.2) is 0 Å². The van der Waals surface area contributed by atoms with E-state index in [2.05, 4.69) is 50.3 Å². The van der Waals surface area contributed by atoms with Gasteiger partial charge in [0.25, 0.3) is 0 Å². The molecule has 17 heavy (non-hydrogen) atoms. The van der Waals surface area contributed by atoms with E-state index in [-0.39, 0.29) is 0 Å². The van der Waals surface area contributed by atoms with Crippen molar-refractivity contribution < 1.29 is 5.11 Å². The third kappa shape index (κ3) is 4.52. The molecule has 1 aliphatic heterocycles. The van der Waals surface area contributed by atoms with Crippen LogP contribution in [-0.4, -0.2) is 36.9 Å². The summed E-state index contributed by atoms with van der Waals surface area (Å²) in [6.45, 7) is 4.71. The molecule has 1 rings (SSSR count). The molecular weight excluding hydrogens is 212 g/mol. The predicted octanol–water partition coefficient (Wildman–Crippen LogP) is 2.11. The molecule has 3 heteroatoms. The quantitative estimate of drug-likeness (QED) is 0.696. The van der Waals surface area contributed by atoms with Gasteiger partial charge in [-0.1, -0.05) is 18.9 Å². The van der Waals surface area contributed by atoms with Crippen LogP contribution in [0.15, 0.2) is 23.4 Å². The third-order valence-electron chi connectivity index (χ3n) is 3.25. The number of hydrogen-bond donors (Lipinski definition) is 2. The molecule has 0 aromatic carbocycles. The summed E-state index contributed by atoms with van der Waals surface area (Å²) in [5.74, 6) is 0.535. The third-order valence-corrected chi connectivity index (χ3v) is 3.25. The van der Waals surface area contributed by atoms with Gasteiger partial charge in [0.15, 0.2) is 0 Å². The van der Waals surface area contributed by atoms with Crippen molar-refractivity contribution in [3.8, 4) is 0 Å². The van der Waals surface area contributed by atoms with Crippen LogP contribution >= 0.6 is 0 Å². The molecule has 0 bridgehead atoms. The number of rotatable bonds is 6. The van der Waals surface area contributed by atoms with E-state index in [0.717, 1.165) is 19.3 Å². The average Bonchev–Trinajstić information content (AvgIpc) is 2.28. The second kappa shape index (κ2) is 6.82. The normalized spacial score (nSPS) is 21.9. The number of hydrogen-bond acceptors (Lipinski definition) is 3. The lowest BCUT2D eigenvalue weighted by Gasteiger charge is -2.31. The van der Waals surface area contributed by atoms with E-state index < -0.39 is 0 Å². The molecule has 0 spiro atoms. The van der Waals surface area contributed by atoms with Crippen LogP contribution in [0.1, 0.15) is 33.1 Å². The van der Waals surface area contributed by atoms with Gasteiger partial charge in [-0.05, 0) is 51.9 Å². The number of likely N-dealkylation sites (N-methyl/N-ethyl adjacent to an activating group) is 1. The van der Waals surface area contributed by atoms with E-state index in [4.69, 9.17) is 5.11 Å². The Morgan fingerprint density at radius 1 is 1.41 bits per heavy atom. The number of aliphatic hydroxyl groups excluding tert-OH is 1. The fourth-order valence-electron chi connectivity index (χ4n) is 2.08. The Bertz CT molecular complexity index is 295. The highest BCUT2D eigenvalue weighted by Crippen LogP contribution is 2.21. The summed E-state index contributed by atoms with van der Waals surface area (Å²) in [6.07, 6.45) is 7.91. The maximum Gasteiger partial charge on any atom is 0.0984 e. The molecule has 2 atom stereocenters. The second-order valence-electron chi connectivity index (χ2n) is 5.18. The first kappa shape index (κ1) is 14.3. The van der Waals surface area contributed by atoms with E-state index in [9.17, 15) is 0 Å². The fourth-order valence-corrected chi connectivity index (χ4v) is 2.08. The van der Waals surface area contributed by atoms with Gasteiger partial charge in [0.2, 0.25) is 0 Å². The maximum absolute atomic E-state index is 8.80. The van der Waals surface area contributed by atoms with Crippen LogP contribution in [0.25, 0.3) is 0 Å². The number of allylic oxidation sites excluding steroid dienone is 3. The molecule has 98 valence electrons. The second-order valence-corrected chi connectivity index (χ2v) is 5.18. The molecule has 1 aliphatic rings. The largest absolute Gasteiger partial charge is 0.396 e. The number of aliphatic hydroxyl groups is 1. The number of nitrogens with zero attached hydrogens (tertiary/aromatic N) is 1. The standard InChI is InChI=1S/C14H26N2O/c1-11-9-13(12(2)7-5-6-8-17)15-14(10-11)16(3)4/h9-10,12,14-15,17H,5-8H2,1-4H3. The number of nitrogens with one attached hydrogen (secondary N) is 1. The summed E-state index contributed by atoms with van der Waals surface area (Å²) in [4.78, 5) is 2.18. The Labute approximate surface area is 105 Å². The van der Waals surface area contributed by atoms with Crippen LogP contribution < -0.4 is 5.32 Å². The van der Waals surface area contributed by atoms with Crippen LogP contribution in [0.3, 0.4) is 0 Å². The van der Waals surface area contributed by atoms with Crippen LogP contribution in [0.4, 0.5) is 0 Å². The lowest BCUT2D eigenvalue weighted by Crippen LogP contribution is -2.42. The first-order valence-electron chi connectivity index (χ1n) is 6.48. The zero-order chi connectivity index (χ0) is 12.8. The fraction of sp³-hybridized carbons (Fsp3) is 0.714. The lowest BCUT2D eigenvalue weighted by molar-refractivity contribution is 0.276. The Balaban J connectivity index is 2.55. The molecule has 0 aromatic rings. The highest BCUT2D eigenvalue weighted by Gasteiger charge is 2.17. The zero-order valence-corrected chi connectivity index (χ0v) is 11.5. The van der Waals surface area contributed by atoms with Gasteiger partial charge in [0.05, 0.1) is 6.17 Å². The average molecular weight is 238 g/mol. The molecular formula is C14H26N2O. The summed E-state index contributed by atoms with van der Waals surface area (Å²) in [5.41, 5.74) is 2.65. The maximum atomic E-state index is 8.80. The van der Waals surface area contributed by atoms with Gasteiger partial charge in [-0.15, -0.1) is 0 Å². The first-order valence-corrected chi connectivity index (χ1v) is 6.48. The first-order chi connectivity index (χ1) is 8.04. The van der Waals surface area contributed by atoms with E-state index >= 15 is 0 Å². The summed E-state index contributed by atoms with van der Waals surface area (Å²) in [6, 6.07) is 0. The molecule has 0 radical (unpaired) electrons. The van der Waals surface area contributed by atoms with Crippen molar-refractivity contribution in [2.24, 2.45) is 5.92 Å². The topological polar surface area (TPSA) is 35.5 Å². The number of unbranched alkanes of at least 4 members (excludes halogenated alkanes) is 1. The minimum atomic E-state index is 0.301. The van der Waals surface area contributed by atoms with Crippen LogP contribution in [0, 0.1) is 5.92 Å². The summed E-state index contributed by atoms with van der Waals surface area (Å²) in [5, 5.41) is 12.4. The Morgan fingerprint density at radius 2 is 2.12 bits per heavy atom. The van der Waals surface area contributed by atoms with Gasteiger partial charge < -0.3 is 10.4 Å². The van der Waals surface area contributed by atoms with E-state index in [1.165, 1.54) is 11.3 Å². The molecule has 2 N–H and O–H groups in total. The van der Waals surface area contributed by atoms with Gasteiger partial charge in [0.1, 0.15) is 0 Å². The van der Waals surface area contributed by atoms with Gasteiger partial charge >= 0.3 is 0 Å². The highest BCUT2D eigenvalue weighted by molar-refractivity contribution is 5.28. The van der Waals surface area contributed by atoms with Gasteiger partial charge in [-0.2, -0.15) is 0 Å². The zero-order valence-electron chi connectivity index (χ0n) is 11.5. The molecule has 3 nitrogen and oxygen atoms in total. The van der Waals surface area contributed by atoms with Crippen LogP contribution in [-0.2, 0) is 0 Å². The molecule has 0 fully saturated rings. The minimum absolute atomic E-state index is 0.301. The van der Waals surface area contributed by atoms with E-state index in [1.54, 1.807) is 0 Å². The Kier molecular flexibility index (Phi) is 5.72. The minimum Gasteiger partial charge on any atom is -0.396 e. The predicted molar refractivity (Wildman–Crippen MR) is 72.6 cm³/mol. The van der Waals surface area contributed by atoms with Gasteiger partial charge in [0, 0.05) is 12.3 Å². The summed E-state index contributed by atoms with van der Waals surface area (Å²) < 4.78 is 0. The molecule has 1 heterocycles. The molecule has 0 aliphatic carbocycles. The number of dihydropyridines is 1. The smallest absolute Gasteiger partial charge is 0.0984 e. The monoisotopic (exact) mass is 238 g/mol. The van der Waals surface area contributed by atoms with Crippen molar-refractivity contribution in [2.45, 2.75) is 39.3 Å². The summed E-state index contributed by atoms with van der Waals surface area (Å²) >= 11 is 0. The molecule has 0 aromatic heterocycles. The van der Waals surface area contributed by atoms with Crippen LogP contribution in [0.5, 0.6) is 0 Å². The van der Waals surface area contributed by atoms with Crippen molar-refractivity contribution in [2.75, 3.05) is 20.7 Å². The Hall–Kier alpha value is -0.800. The van der Waals surface area contributed by atoms with Crippen molar-refractivity contribution in [3.63, 3.8) is 0 Å². The molecule has 0 saturated carbocycles. The van der Waals surface area contributed by atoms with Crippen molar-refractivity contribution in [3.05, 3.63) is 23.4 Å². The molecule has 2 unspecified atom stereocenters. The summed E-state index contributed by atoms with van der Waals surface area (Å²) in [7, 11) is 4.17. The van der Waals surface area contributed by atoms with Crippen molar-refractivity contribution >= 4 is 0 Å². The van der Waals surface area contributed by atoms with E-state index in [0.29, 0.717) is 18.7 Å². The molecule has 0 saturated heterocycles. The van der Waals surface area contributed by atoms with Gasteiger partial charge in [-0.3, -0.25) is 4.90 Å². The Morgan fingerprint density at radius 3 is 2.71 bits per heavy atom. The molecule has 0 amide bonds.